The fourth-order valence-electron chi connectivity index (χ4n) is 1.28. The van der Waals surface area contributed by atoms with E-state index in [1.807, 2.05) is 0 Å². The lowest BCUT2D eigenvalue weighted by Gasteiger charge is -2.14. The second-order valence-corrected chi connectivity index (χ2v) is 4.37. The molecule has 1 unspecified atom stereocenters. The topological polar surface area (TPSA) is 61.5 Å². The summed E-state index contributed by atoms with van der Waals surface area (Å²) in [4.78, 5) is 11.6. The largest absolute Gasteiger partial charge is 0.479 e. The van der Waals surface area contributed by atoms with E-state index in [9.17, 15) is 4.79 Å². The van der Waals surface area contributed by atoms with E-state index >= 15 is 0 Å². The summed E-state index contributed by atoms with van der Waals surface area (Å²) in [6, 6.07) is 4.86. The van der Waals surface area contributed by atoms with Gasteiger partial charge in [0, 0.05) is 5.56 Å². The first-order valence-corrected chi connectivity index (χ1v) is 6.17. The summed E-state index contributed by atoms with van der Waals surface area (Å²) in [5.74, 6) is 0.0348. The van der Waals surface area contributed by atoms with Gasteiger partial charge < -0.3 is 15.2 Å². The highest BCUT2D eigenvalue weighted by Crippen LogP contribution is 2.23. The molecular formula is C12H14ClNO3S. The third-order valence-corrected chi connectivity index (χ3v) is 2.67. The van der Waals surface area contributed by atoms with Crippen molar-refractivity contribution in [1.82, 2.24) is 0 Å². The van der Waals surface area contributed by atoms with Gasteiger partial charge in [-0.15, -0.1) is 0 Å². The summed E-state index contributed by atoms with van der Waals surface area (Å²) in [5.41, 5.74) is 6.06. The van der Waals surface area contributed by atoms with Crippen LogP contribution in [0.1, 0.15) is 19.4 Å². The molecule has 0 aliphatic carbocycles. The van der Waals surface area contributed by atoms with Crippen LogP contribution < -0.4 is 10.5 Å². The molecular weight excluding hydrogens is 274 g/mol. The Morgan fingerprint density at radius 1 is 1.56 bits per heavy atom. The Morgan fingerprint density at radius 3 is 2.72 bits per heavy atom. The average Bonchev–Trinajstić information content (AvgIpc) is 2.28. The molecule has 0 aliphatic rings. The lowest BCUT2D eigenvalue weighted by molar-refractivity contribution is -0.150. The van der Waals surface area contributed by atoms with Crippen molar-refractivity contribution < 1.29 is 14.3 Å². The highest BCUT2D eigenvalue weighted by Gasteiger charge is 2.16. The van der Waals surface area contributed by atoms with Crippen molar-refractivity contribution in [2.24, 2.45) is 5.73 Å². The highest BCUT2D eigenvalue weighted by molar-refractivity contribution is 7.80. The number of nitrogens with two attached hydrogens (primary N) is 1. The predicted molar refractivity (Wildman–Crippen MR) is 74.1 cm³/mol. The molecule has 0 radical (unpaired) electrons. The Hall–Kier alpha value is -1.33. The molecule has 0 bridgehead atoms. The van der Waals surface area contributed by atoms with Gasteiger partial charge in [-0.2, -0.15) is 0 Å². The maximum absolute atomic E-state index is 11.4. The number of thiocarbonyl (C=S) groups is 1. The Labute approximate surface area is 116 Å². The molecule has 1 aromatic rings. The van der Waals surface area contributed by atoms with E-state index in [0.29, 0.717) is 22.9 Å². The van der Waals surface area contributed by atoms with Gasteiger partial charge in [0.2, 0.25) is 0 Å². The first kappa shape index (κ1) is 14.7. The van der Waals surface area contributed by atoms with Crippen molar-refractivity contribution in [2.45, 2.75) is 20.0 Å². The predicted octanol–water partition coefficient (Wildman–Crippen LogP) is 2.30. The van der Waals surface area contributed by atoms with Crippen LogP contribution in [0.25, 0.3) is 0 Å². The summed E-state index contributed by atoms with van der Waals surface area (Å²) < 4.78 is 10.2. The van der Waals surface area contributed by atoms with Crippen LogP contribution >= 0.6 is 23.8 Å². The molecule has 0 heterocycles. The van der Waals surface area contributed by atoms with Crippen LogP contribution in [0, 0.1) is 0 Å². The second kappa shape index (κ2) is 6.56. The molecule has 1 aromatic carbocycles. The molecule has 0 saturated heterocycles. The van der Waals surface area contributed by atoms with Gasteiger partial charge in [-0.3, -0.25) is 0 Å². The molecule has 0 aromatic heterocycles. The molecule has 0 fully saturated rings. The van der Waals surface area contributed by atoms with Gasteiger partial charge >= 0.3 is 5.97 Å². The van der Waals surface area contributed by atoms with Crippen LogP contribution in [-0.2, 0) is 9.53 Å². The van der Waals surface area contributed by atoms with Crippen LogP contribution in [-0.4, -0.2) is 23.7 Å². The van der Waals surface area contributed by atoms with Crippen LogP contribution in [0.3, 0.4) is 0 Å². The molecule has 0 spiro atoms. The maximum atomic E-state index is 11.4. The second-order valence-electron chi connectivity index (χ2n) is 3.52. The average molecular weight is 288 g/mol. The zero-order chi connectivity index (χ0) is 13.7. The minimum Gasteiger partial charge on any atom is -0.479 e. The lowest BCUT2D eigenvalue weighted by atomic mass is 10.2. The quantitative estimate of drug-likeness (QED) is 0.665. The van der Waals surface area contributed by atoms with Gasteiger partial charge in [0.25, 0.3) is 0 Å². The number of hydrogen-bond acceptors (Lipinski definition) is 4. The molecule has 0 amide bonds. The van der Waals surface area contributed by atoms with Crippen LogP contribution in [0.2, 0.25) is 5.02 Å². The van der Waals surface area contributed by atoms with Crippen molar-refractivity contribution in [2.75, 3.05) is 6.61 Å². The SMILES string of the molecule is CCOC(=O)C(C)Oc1ccc(C(N)=S)c(Cl)c1. The van der Waals surface area contributed by atoms with Crippen molar-refractivity contribution in [3.8, 4) is 5.75 Å². The molecule has 1 rings (SSSR count). The number of esters is 1. The van der Waals surface area contributed by atoms with Gasteiger partial charge in [-0.05, 0) is 32.0 Å². The fourth-order valence-corrected chi connectivity index (χ4v) is 1.79. The zero-order valence-electron chi connectivity index (χ0n) is 10.1. The van der Waals surface area contributed by atoms with E-state index in [-0.39, 0.29) is 4.99 Å². The Morgan fingerprint density at radius 2 is 2.22 bits per heavy atom. The number of carbonyl (C=O) groups is 1. The van der Waals surface area contributed by atoms with Gasteiger partial charge in [0.1, 0.15) is 10.7 Å². The van der Waals surface area contributed by atoms with Crippen molar-refractivity contribution in [3.05, 3.63) is 28.8 Å². The number of benzene rings is 1. The zero-order valence-corrected chi connectivity index (χ0v) is 11.7. The Balaban J connectivity index is 2.77. The smallest absolute Gasteiger partial charge is 0.347 e. The summed E-state index contributed by atoms with van der Waals surface area (Å²) >= 11 is 10.8. The molecule has 2 N–H and O–H groups in total. The van der Waals surface area contributed by atoms with Gasteiger partial charge in [-0.25, -0.2) is 4.79 Å². The van der Waals surface area contributed by atoms with E-state index in [4.69, 9.17) is 39.0 Å². The summed E-state index contributed by atoms with van der Waals surface area (Å²) in [6.07, 6.45) is -0.698. The van der Waals surface area contributed by atoms with Crippen molar-refractivity contribution in [3.63, 3.8) is 0 Å². The molecule has 4 nitrogen and oxygen atoms in total. The number of ether oxygens (including phenoxy) is 2. The molecule has 0 saturated carbocycles. The molecule has 0 aliphatic heterocycles. The number of carbonyl (C=O) groups excluding carboxylic acids is 1. The third kappa shape index (κ3) is 3.85. The van der Waals surface area contributed by atoms with Crippen LogP contribution in [0.5, 0.6) is 5.75 Å². The number of halogens is 1. The van der Waals surface area contributed by atoms with Crippen LogP contribution in [0.4, 0.5) is 0 Å². The molecule has 1 atom stereocenters. The van der Waals surface area contributed by atoms with Gasteiger partial charge in [-0.1, -0.05) is 23.8 Å². The van der Waals surface area contributed by atoms with E-state index in [2.05, 4.69) is 0 Å². The summed E-state index contributed by atoms with van der Waals surface area (Å²) in [6.45, 7) is 3.65. The number of rotatable bonds is 5. The monoisotopic (exact) mass is 287 g/mol. The standard InChI is InChI=1S/C12H14ClNO3S/c1-3-16-12(15)7(2)17-8-4-5-9(11(14)18)10(13)6-8/h4-7H,3H2,1-2H3,(H2,14,18). The van der Waals surface area contributed by atoms with Crippen molar-refractivity contribution in [1.29, 1.82) is 0 Å². The van der Waals surface area contributed by atoms with E-state index in [0.717, 1.165) is 0 Å². The molecule has 6 heteroatoms. The van der Waals surface area contributed by atoms with Crippen molar-refractivity contribution >= 4 is 34.8 Å². The first-order chi connectivity index (χ1) is 8.45. The Bertz CT molecular complexity index is 465. The minimum atomic E-state index is -0.698. The maximum Gasteiger partial charge on any atom is 0.347 e. The first-order valence-electron chi connectivity index (χ1n) is 5.38. The van der Waals surface area contributed by atoms with Gasteiger partial charge in [0.05, 0.1) is 11.6 Å². The minimum absolute atomic E-state index is 0.213. The summed E-state index contributed by atoms with van der Waals surface area (Å²) in [7, 11) is 0. The third-order valence-electron chi connectivity index (χ3n) is 2.14. The van der Waals surface area contributed by atoms with E-state index < -0.39 is 12.1 Å². The lowest BCUT2D eigenvalue weighted by Crippen LogP contribution is -2.26. The highest BCUT2D eigenvalue weighted by atomic mass is 35.5. The normalized spacial score (nSPS) is 11.7. The Kier molecular flexibility index (Phi) is 5.37. The van der Waals surface area contributed by atoms with E-state index in [1.54, 1.807) is 32.0 Å². The van der Waals surface area contributed by atoms with Gasteiger partial charge in [0.15, 0.2) is 6.10 Å². The fraction of sp³-hybridized carbons (Fsp3) is 0.333. The molecule has 18 heavy (non-hydrogen) atoms. The van der Waals surface area contributed by atoms with E-state index in [1.165, 1.54) is 0 Å². The number of hydrogen-bond donors (Lipinski definition) is 1. The van der Waals surface area contributed by atoms with Crippen LogP contribution in [0.15, 0.2) is 18.2 Å². The summed E-state index contributed by atoms with van der Waals surface area (Å²) in [5, 5.41) is 0.385. The molecule has 98 valence electrons.